The molecular formula is C13H20N2O3S. The molecule has 1 aromatic heterocycles. The highest BCUT2D eigenvalue weighted by Crippen LogP contribution is 2.18. The second-order valence-corrected chi connectivity index (χ2v) is 5.98. The molecule has 6 heteroatoms. The molecule has 1 rings (SSSR count). The van der Waals surface area contributed by atoms with Crippen LogP contribution in [0.3, 0.4) is 0 Å². The van der Waals surface area contributed by atoms with Crippen molar-refractivity contribution in [3.8, 4) is 0 Å². The fraction of sp³-hybridized carbons (Fsp3) is 0.538. The van der Waals surface area contributed by atoms with Crippen LogP contribution in [-0.4, -0.2) is 34.6 Å². The maximum atomic E-state index is 12.0. The van der Waals surface area contributed by atoms with E-state index < -0.39 is 5.97 Å². The summed E-state index contributed by atoms with van der Waals surface area (Å²) >= 11 is 1.66. The van der Waals surface area contributed by atoms with Crippen molar-refractivity contribution < 1.29 is 14.7 Å². The number of nitrogens with zero attached hydrogens (tertiary/aromatic N) is 1. The quantitative estimate of drug-likeness (QED) is 0.843. The molecule has 0 bridgehead atoms. The lowest BCUT2D eigenvalue weighted by Crippen LogP contribution is -2.43. The van der Waals surface area contributed by atoms with Crippen molar-refractivity contribution >= 4 is 23.3 Å². The molecule has 0 aliphatic carbocycles. The van der Waals surface area contributed by atoms with Crippen LogP contribution in [0.1, 0.15) is 30.0 Å². The molecule has 0 spiro atoms. The number of aryl methyl sites for hydroxylation is 1. The van der Waals surface area contributed by atoms with Crippen LogP contribution >= 0.6 is 11.3 Å². The average molecular weight is 284 g/mol. The highest BCUT2D eigenvalue weighted by atomic mass is 32.1. The van der Waals surface area contributed by atoms with Gasteiger partial charge in [0.25, 0.3) is 0 Å². The predicted molar refractivity (Wildman–Crippen MR) is 75.4 cm³/mol. The highest BCUT2D eigenvalue weighted by molar-refractivity contribution is 7.11. The van der Waals surface area contributed by atoms with Gasteiger partial charge in [-0.3, -0.25) is 4.79 Å². The summed E-state index contributed by atoms with van der Waals surface area (Å²) in [6.07, 6.45) is -0.0597. The van der Waals surface area contributed by atoms with Gasteiger partial charge in [-0.1, -0.05) is 0 Å². The molecule has 1 heterocycles. The summed E-state index contributed by atoms with van der Waals surface area (Å²) in [4.78, 5) is 26.5. The monoisotopic (exact) mass is 284 g/mol. The average Bonchev–Trinajstić information content (AvgIpc) is 2.70. The minimum absolute atomic E-state index is 0.0597. The Balaban J connectivity index is 2.56. The van der Waals surface area contributed by atoms with Crippen molar-refractivity contribution in [2.75, 3.05) is 6.54 Å². The van der Waals surface area contributed by atoms with E-state index in [0.29, 0.717) is 6.54 Å². The van der Waals surface area contributed by atoms with Gasteiger partial charge < -0.3 is 15.3 Å². The first-order chi connectivity index (χ1) is 8.90. The Labute approximate surface area is 117 Å². The Morgan fingerprint density at radius 3 is 2.58 bits per heavy atom. The molecule has 0 saturated carbocycles. The number of carbonyl (C=O) groups is 2. The molecule has 2 N–H and O–H groups in total. The summed E-state index contributed by atoms with van der Waals surface area (Å²) in [5.41, 5.74) is 0. The third-order valence-corrected chi connectivity index (χ3v) is 3.61. The molecule has 0 aromatic carbocycles. The van der Waals surface area contributed by atoms with Gasteiger partial charge in [0.1, 0.15) is 0 Å². The summed E-state index contributed by atoms with van der Waals surface area (Å²) in [5.74, 6) is -0.912. The fourth-order valence-corrected chi connectivity index (χ4v) is 2.49. The van der Waals surface area contributed by atoms with E-state index in [1.54, 1.807) is 16.2 Å². The lowest BCUT2D eigenvalue weighted by molar-refractivity contribution is -0.136. The highest BCUT2D eigenvalue weighted by Gasteiger charge is 2.17. The molecule has 0 aliphatic rings. The minimum Gasteiger partial charge on any atom is -0.481 e. The zero-order valence-corrected chi connectivity index (χ0v) is 12.3. The molecule has 1 aromatic rings. The topological polar surface area (TPSA) is 69.6 Å². The standard InChI is InChI=1S/C13H20N2O3S/c1-9(2)15(8-11-5-4-10(3)19-11)13(18)14-7-6-12(16)17/h4-5,9H,6-8H2,1-3H3,(H,14,18)(H,16,17). The normalized spacial score (nSPS) is 10.5. The summed E-state index contributed by atoms with van der Waals surface area (Å²) in [5, 5.41) is 11.2. The van der Waals surface area contributed by atoms with Gasteiger partial charge in [-0.05, 0) is 32.9 Å². The molecule has 2 amide bonds. The number of aliphatic carboxylic acids is 1. The Kier molecular flexibility index (Phi) is 5.82. The number of amides is 2. The van der Waals surface area contributed by atoms with E-state index in [1.165, 1.54) is 4.88 Å². The molecule has 0 saturated heterocycles. The molecule has 19 heavy (non-hydrogen) atoms. The number of rotatable bonds is 6. The lowest BCUT2D eigenvalue weighted by Gasteiger charge is -2.26. The third-order valence-electron chi connectivity index (χ3n) is 2.62. The summed E-state index contributed by atoms with van der Waals surface area (Å²) in [6, 6.07) is 3.88. The van der Waals surface area contributed by atoms with Gasteiger partial charge in [0.15, 0.2) is 0 Å². The van der Waals surface area contributed by atoms with Crippen LogP contribution in [0.25, 0.3) is 0 Å². The zero-order chi connectivity index (χ0) is 14.4. The first-order valence-electron chi connectivity index (χ1n) is 6.21. The minimum atomic E-state index is -0.912. The van der Waals surface area contributed by atoms with Crippen molar-refractivity contribution in [1.82, 2.24) is 10.2 Å². The van der Waals surface area contributed by atoms with Crippen LogP contribution in [0.5, 0.6) is 0 Å². The zero-order valence-electron chi connectivity index (χ0n) is 11.5. The van der Waals surface area contributed by atoms with Crippen LogP contribution in [0, 0.1) is 6.92 Å². The molecule has 5 nitrogen and oxygen atoms in total. The molecule has 0 atom stereocenters. The van der Waals surface area contributed by atoms with Crippen molar-refractivity contribution in [2.45, 2.75) is 39.8 Å². The Bertz CT molecular complexity index is 443. The van der Waals surface area contributed by atoms with E-state index >= 15 is 0 Å². The lowest BCUT2D eigenvalue weighted by atomic mass is 10.3. The number of carboxylic acids is 1. The largest absolute Gasteiger partial charge is 0.481 e. The Hall–Kier alpha value is -1.56. The summed E-state index contributed by atoms with van der Waals surface area (Å²) < 4.78 is 0. The summed E-state index contributed by atoms with van der Waals surface area (Å²) in [6.45, 7) is 6.62. The SMILES string of the molecule is Cc1ccc(CN(C(=O)NCCC(=O)O)C(C)C)s1. The van der Waals surface area contributed by atoms with E-state index in [2.05, 4.69) is 5.32 Å². The number of carbonyl (C=O) groups excluding carboxylic acids is 1. The van der Waals surface area contributed by atoms with E-state index in [9.17, 15) is 9.59 Å². The molecular weight excluding hydrogens is 264 g/mol. The third kappa shape index (κ3) is 5.30. The van der Waals surface area contributed by atoms with E-state index in [1.807, 2.05) is 32.9 Å². The molecule has 0 radical (unpaired) electrons. The number of carboxylic acid groups (broad SMARTS) is 1. The first-order valence-corrected chi connectivity index (χ1v) is 7.03. The number of thiophene rings is 1. The van der Waals surface area contributed by atoms with Gasteiger partial charge in [-0.2, -0.15) is 0 Å². The van der Waals surface area contributed by atoms with Gasteiger partial charge in [-0.25, -0.2) is 4.79 Å². The number of nitrogens with one attached hydrogen (secondary N) is 1. The molecule has 106 valence electrons. The number of hydrogen-bond donors (Lipinski definition) is 2. The van der Waals surface area contributed by atoms with Crippen LogP contribution < -0.4 is 5.32 Å². The van der Waals surface area contributed by atoms with E-state index in [4.69, 9.17) is 5.11 Å². The smallest absolute Gasteiger partial charge is 0.317 e. The summed E-state index contributed by atoms with van der Waals surface area (Å²) in [7, 11) is 0. The van der Waals surface area contributed by atoms with Crippen LogP contribution in [0.15, 0.2) is 12.1 Å². The number of hydrogen-bond acceptors (Lipinski definition) is 3. The molecule has 0 unspecified atom stereocenters. The van der Waals surface area contributed by atoms with Crippen molar-refractivity contribution in [2.24, 2.45) is 0 Å². The Morgan fingerprint density at radius 2 is 2.11 bits per heavy atom. The van der Waals surface area contributed by atoms with Crippen LogP contribution in [-0.2, 0) is 11.3 Å². The maximum Gasteiger partial charge on any atom is 0.317 e. The first kappa shape index (κ1) is 15.5. The Morgan fingerprint density at radius 1 is 1.42 bits per heavy atom. The maximum absolute atomic E-state index is 12.0. The molecule has 0 aliphatic heterocycles. The molecule has 0 fully saturated rings. The van der Waals surface area contributed by atoms with Gasteiger partial charge >= 0.3 is 12.0 Å². The van der Waals surface area contributed by atoms with Crippen molar-refractivity contribution in [3.63, 3.8) is 0 Å². The second-order valence-electron chi connectivity index (χ2n) is 4.61. The fourth-order valence-electron chi connectivity index (χ4n) is 1.60. The predicted octanol–water partition coefficient (Wildman–Crippen LogP) is 2.45. The van der Waals surface area contributed by atoms with Crippen molar-refractivity contribution in [1.29, 1.82) is 0 Å². The van der Waals surface area contributed by atoms with Gasteiger partial charge in [-0.15, -0.1) is 11.3 Å². The van der Waals surface area contributed by atoms with Crippen LogP contribution in [0.4, 0.5) is 4.79 Å². The van der Waals surface area contributed by atoms with E-state index in [-0.39, 0.29) is 25.0 Å². The van der Waals surface area contributed by atoms with E-state index in [0.717, 1.165) is 4.88 Å². The number of urea groups is 1. The van der Waals surface area contributed by atoms with Crippen molar-refractivity contribution in [3.05, 3.63) is 21.9 Å². The van der Waals surface area contributed by atoms with Crippen LogP contribution in [0.2, 0.25) is 0 Å². The second kappa shape index (κ2) is 7.13. The van der Waals surface area contributed by atoms with Gasteiger partial charge in [0, 0.05) is 22.3 Å². The van der Waals surface area contributed by atoms with Gasteiger partial charge in [0.2, 0.25) is 0 Å². The van der Waals surface area contributed by atoms with Gasteiger partial charge in [0.05, 0.1) is 13.0 Å².